The van der Waals surface area contributed by atoms with Gasteiger partial charge >= 0.3 is 5.69 Å². The van der Waals surface area contributed by atoms with Gasteiger partial charge in [-0.3, -0.25) is 9.36 Å². The van der Waals surface area contributed by atoms with Crippen LogP contribution >= 0.6 is 11.3 Å². The van der Waals surface area contributed by atoms with Crippen molar-refractivity contribution in [2.75, 3.05) is 25.0 Å². The number of aromatic amines is 1. The van der Waals surface area contributed by atoms with Gasteiger partial charge in [-0.25, -0.2) is 9.78 Å². The second-order valence-corrected chi connectivity index (χ2v) is 7.43. The van der Waals surface area contributed by atoms with Crippen LogP contribution in [0.15, 0.2) is 35.3 Å². The SMILES string of the molecule is CCNc1ncc(C(=O)N2CCC(n3c(=O)[nH]c4ccccc43)CC2)s1. The van der Waals surface area contributed by atoms with E-state index in [1.165, 1.54) is 11.3 Å². The molecule has 0 spiro atoms. The molecule has 1 amide bonds. The molecule has 7 nitrogen and oxygen atoms in total. The lowest BCUT2D eigenvalue weighted by Crippen LogP contribution is -2.40. The third-order valence-corrected chi connectivity index (χ3v) is 5.73. The number of benzene rings is 1. The Morgan fingerprint density at radius 3 is 2.88 bits per heavy atom. The Labute approximate surface area is 154 Å². The van der Waals surface area contributed by atoms with Gasteiger partial charge in [-0.1, -0.05) is 23.5 Å². The van der Waals surface area contributed by atoms with Gasteiger partial charge in [0.25, 0.3) is 5.91 Å². The van der Waals surface area contributed by atoms with E-state index in [0.717, 1.165) is 35.6 Å². The van der Waals surface area contributed by atoms with Crippen LogP contribution in [0.4, 0.5) is 5.13 Å². The number of piperidine rings is 1. The highest BCUT2D eigenvalue weighted by Crippen LogP contribution is 2.27. The molecule has 0 bridgehead atoms. The first kappa shape index (κ1) is 16.8. The van der Waals surface area contributed by atoms with E-state index in [2.05, 4.69) is 15.3 Å². The van der Waals surface area contributed by atoms with Gasteiger partial charge in [0.2, 0.25) is 0 Å². The fourth-order valence-corrected chi connectivity index (χ4v) is 4.38. The van der Waals surface area contributed by atoms with E-state index in [0.29, 0.717) is 18.0 Å². The van der Waals surface area contributed by atoms with Crippen molar-refractivity contribution in [2.24, 2.45) is 0 Å². The molecule has 1 aromatic carbocycles. The van der Waals surface area contributed by atoms with Gasteiger partial charge < -0.3 is 15.2 Å². The number of anilines is 1. The summed E-state index contributed by atoms with van der Waals surface area (Å²) in [5.41, 5.74) is 1.71. The van der Waals surface area contributed by atoms with Crippen molar-refractivity contribution >= 4 is 33.4 Å². The predicted octanol–water partition coefficient (Wildman–Crippen LogP) is 2.70. The van der Waals surface area contributed by atoms with Gasteiger partial charge in [0.1, 0.15) is 4.88 Å². The Morgan fingerprint density at radius 2 is 2.12 bits per heavy atom. The average Bonchev–Trinajstić information content (AvgIpc) is 3.25. The molecule has 2 aromatic heterocycles. The van der Waals surface area contributed by atoms with Gasteiger partial charge in [0, 0.05) is 25.7 Å². The zero-order valence-corrected chi connectivity index (χ0v) is 15.4. The molecule has 0 atom stereocenters. The minimum Gasteiger partial charge on any atom is -0.362 e. The number of likely N-dealkylation sites (tertiary alicyclic amines) is 1. The van der Waals surface area contributed by atoms with Crippen molar-refractivity contribution in [3.8, 4) is 0 Å². The van der Waals surface area contributed by atoms with Crippen LogP contribution in [-0.4, -0.2) is 45.0 Å². The number of nitrogens with one attached hydrogen (secondary N) is 2. The van der Waals surface area contributed by atoms with Crippen molar-refractivity contribution in [2.45, 2.75) is 25.8 Å². The summed E-state index contributed by atoms with van der Waals surface area (Å²) >= 11 is 1.39. The average molecular weight is 371 g/mol. The number of hydrogen-bond acceptors (Lipinski definition) is 5. The number of fused-ring (bicyclic) bond motifs is 1. The first-order valence-electron chi connectivity index (χ1n) is 8.85. The maximum Gasteiger partial charge on any atom is 0.326 e. The predicted molar refractivity (Wildman–Crippen MR) is 103 cm³/mol. The molecule has 1 fully saturated rings. The molecule has 0 unspecified atom stereocenters. The van der Waals surface area contributed by atoms with E-state index < -0.39 is 0 Å². The summed E-state index contributed by atoms with van der Waals surface area (Å²) in [6.45, 7) is 4.07. The quantitative estimate of drug-likeness (QED) is 0.739. The van der Waals surface area contributed by atoms with Crippen LogP contribution in [0.2, 0.25) is 0 Å². The largest absolute Gasteiger partial charge is 0.362 e. The number of amides is 1. The minimum absolute atomic E-state index is 0.0244. The van der Waals surface area contributed by atoms with Gasteiger partial charge in [0.05, 0.1) is 17.2 Å². The molecule has 2 N–H and O–H groups in total. The summed E-state index contributed by atoms with van der Waals surface area (Å²) in [4.78, 5) is 34.7. The van der Waals surface area contributed by atoms with E-state index in [1.54, 1.807) is 6.20 Å². The van der Waals surface area contributed by atoms with Crippen LogP contribution in [0.3, 0.4) is 0 Å². The number of rotatable bonds is 4. The van der Waals surface area contributed by atoms with Crippen LogP contribution < -0.4 is 11.0 Å². The molecular formula is C18H21N5O2S. The number of imidazole rings is 1. The molecule has 26 heavy (non-hydrogen) atoms. The second kappa shape index (κ2) is 6.95. The van der Waals surface area contributed by atoms with E-state index in [1.807, 2.05) is 40.7 Å². The minimum atomic E-state index is -0.0753. The second-order valence-electron chi connectivity index (χ2n) is 6.40. The highest BCUT2D eigenvalue weighted by Gasteiger charge is 2.27. The standard InChI is InChI=1S/C18H21N5O2S/c1-2-19-17-20-11-15(26-17)16(24)22-9-7-12(8-10-22)23-14-6-4-3-5-13(14)21-18(23)25/h3-6,11-12H,2,7-10H2,1H3,(H,19,20)(H,21,25). The van der Waals surface area contributed by atoms with E-state index in [-0.39, 0.29) is 17.6 Å². The van der Waals surface area contributed by atoms with E-state index >= 15 is 0 Å². The molecule has 136 valence electrons. The van der Waals surface area contributed by atoms with E-state index in [4.69, 9.17) is 0 Å². The number of hydrogen-bond donors (Lipinski definition) is 2. The lowest BCUT2D eigenvalue weighted by atomic mass is 10.0. The Morgan fingerprint density at radius 1 is 1.35 bits per heavy atom. The normalized spacial score (nSPS) is 15.5. The van der Waals surface area contributed by atoms with Gasteiger partial charge in [-0.2, -0.15) is 0 Å². The third kappa shape index (κ3) is 3.01. The number of carbonyl (C=O) groups excluding carboxylic acids is 1. The van der Waals surface area contributed by atoms with Crippen LogP contribution in [0.5, 0.6) is 0 Å². The number of aromatic nitrogens is 3. The Bertz CT molecular complexity index is 981. The number of thiazole rings is 1. The summed E-state index contributed by atoms with van der Waals surface area (Å²) in [5.74, 6) is 0.0244. The summed E-state index contributed by atoms with van der Waals surface area (Å²) < 4.78 is 1.84. The molecule has 4 rings (SSSR count). The Kier molecular flexibility index (Phi) is 4.50. The number of para-hydroxylation sites is 2. The van der Waals surface area contributed by atoms with Crippen molar-refractivity contribution in [3.05, 3.63) is 45.8 Å². The van der Waals surface area contributed by atoms with Crippen molar-refractivity contribution in [1.29, 1.82) is 0 Å². The van der Waals surface area contributed by atoms with Crippen LogP contribution in [0, 0.1) is 0 Å². The molecule has 1 aliphatic rings. The van der Waals surface area contributed by atoms with Crippen LogP contribution in [0.1, 0.15) is 35.5 Å². The van der Waals surface area contributed by atoms with Gasteiger partial charge in [0.15, 0.2) is 5.13 Å². The highest BCUT2D eigenvalue weighted by molar-refractivity contribution is 7.17. The highest BCUT2D eigenvalue weighted by atomic mass is 32.1. The topological polar surface area (TPSA) is 83.0 Å². The molecule has 0 aliphatic carbocycles. The lowest BCUT2D eigenvalue weighted by molar-refractivity contribution is 0.0699. The molecule has 0 saturated carbocycles. The van der Waals surface area contributed by atoms with Crippen LogP contribution in [-0.2, 0) is 0 Å². The number of nitrogens with zero attached hydrogens (tertiary/aromatic N) is 3. The van der Waals surface area contributed by atoms with Gasteiger partial charge in [-0.05, 0) is 31.9 Å². The molecular weight excluding hydrogens is 350 g/mol. The first-order chi connectivity index (χ1) is 12.7. The zero-order valence-electron chi connectivity index (χ0n) is 14.6. The fourth-order valence-electron chi connectivity index (χ4n) is 3.53. The molecule has 0 radical (unpaired) electrons. The molecule has 1 aliphatic heterocycles. The first-order valence-corrected chi connectivity index (χ1v) is 9.67. The Balaban J connectivity index is 1.47. The van der Waals surface area contributed by atoms with Gasteiger partial charge in [-0.15, -0.1) is 0 Å². The maximum absolute atomic E-state index is 12.7. The monoisotopic (exact) mass is 371 g/mol. The third-order valence-electron chi connectivity index (χ3n) is 4.79. The number of carbonyl (C=O) groups is 1. The fraction of sp³-hybridized carbons (Fsp3) is 0.389. The van der Waals surface area contributed by atoms with Crippen molar-refractivity contribution in [1.82, 2.24) is 19.4 Å². The number of H-pyrrole nitrogens is 1. The molecule has 1 saturated heterocycles. The molecule has 3 aromatic rings. The van der Waals surface area contributed by atoms with E-state index in [9.17, 15) is 9.59 Å². The zero-order chi connectivity index (χ0) is 18.1. The van der Waals surface area contributed by atoms with Crippen molar-refractivity contribution in [3.63, 3.8) is 0 Å². The molecule has 8 heteroatoms. The smallest absolute Gasteiger partial charge is 0.326 e. The summed E-state index contributed by atoms with van der Waals surface area (Å²) in [5, 5.41) is 3.90. The molecule has 3 heterocycles. The summed E-state index contributed by atoms with van der Waals surface area (Å²) in [6, 6.07) is 7.85. The van der Waals surface area contributed by atoms with Crippen LogP contribution in [0.25, 0.3) is 11.0 Å². The maximum atomic E-state index is 12.7. The summed E-state index contributed by atoms with van der Waals surface area (Å²) in [7, 11) is 0. The lowest BCUT2D eigenvalue weighted by Gasteiger charge is -2.32. The van der Waals surface area contributed by atoms with Crippen molar-refractivity contribution < 1.29 is 4.79 Å². The summed E-state index contributed by atoms with van der Waals surface area (Å²) in [6.07, 6.45) is 3.18. The Hall–Kier alpha value is -2.61.